The van der Waals surface area contributed by atoms with Crippen LogP contribution in [0.5, 0.6) is 0 Å². The average molecular weight is 762 g/mol. The van der Waals surface area contributed by atoms with Crippen molar-refractivity contribution in [1.82, 2.24) is 13.9 Å². The molecule has 0 bridgehead atoms. The Morgan fingerprint density at radius 1 is 0.943 bits per heavy atom. The van der Waals surface area contributed by atoms with Gasteiger partial charge in [-0.2, -0.15) is 12.7 Å². The molecule has 2 aliphatic heterocycles. The second kappa shape index (κ2) is 15.8. The van der Waals surface area contributed by atoms with Crippen molar-refractivity contribution in [3.63, 3.8) is 0 Å². The number of nitrogens with zero attached hydrogens (tertiary/aromatic N) is 2. The van der Waals surface area contributed by atoms with Crippen LogP contribution in [0.3, 0.4) is 0 Å². The summed E-state index contributed by atoms with van der Waals surface area (Å²) in [5.41, 5.74) is -0.757. The maximum absolute atomic E-state index is 14.9. The van der Waals surface area contributed by atoms with Gasteiger partial charge < -0.3 is 9.64 Å². The van der Waals surface area contributed by atoms with Crippen LogP contribution < -0.4 is 4.72 Å². The molecule has 1 N–H and O–H groups in total. The number of nitrogens with one attached hydrogen (secondary N) is 1. The number of carbonyl (C=O) groups is 5. The van der Waals surface area contributed by atoms with E-state index in [4.69, 9.17) is 4.74 Å². The molecule has 5 atom stereocenters. The van der Waals surface area contributed by atoms with Crippen LogP contribution in [0, 0.1) is 51.2 Å². The van der Waals surface area contributed by atoms with Gasteiger partial charge in [-0.15, -0.1) is 0 Å². The van der Waals surface area contributed by atoms with Gasteiger partial charge in [0.15, 0.2) is 11.6 Å². The summed E-state index contributed by atoms with van der Waals surface area (Å²) in [5.74, 6) is -2.59. The summed E-state index contributed by atoms with van der Waals surface area (Å²) in [6.07, 6.45) is 7.24. The van der Waals surface area contributed by atoms with Crippen molar-refractivity contribution in [2.24, 2.45) is 51.2 Å². The van der Waals surface area contributed by atoms with Crippen LogP contribution >= 0.6 is 0 Å². The zero-order chi connectivity index (χ0) is 39.1. The molecule has 2 spiro atoms. The van der Waals surface area contributed by atoms with E-state index in [1.54, 1.807) is 4.90 Å². The predicted molar refractivity (Wildman–Crippen MR) is 203 cm³/mol. The summed E-state index contributed by atoms with van der Waals surface area (Å²) in [6, 6.07) is -0.703. The minimum Gasteiger partial charge on any atom is -0.379 e. The third-order valence-corrected chi connectivity index (χ3v) is 16.0. The highest BCUT2D eigenvalue weighted by Crippen LogP contribution is 2.88. The van der Waals surface area contributed by atoms with Crippen molar-refractivity contribution in [2.45, 2.75) is 138 Å². The Kier molecular flexibility index (Phi) is 12.6. The largest absolute Gasteiger partial charge is 0.379 e. The number of amides is 1. The summed E-state index contributed by atoms with van der Waals surface area (Å²) in [4.78, 5) is 71.3. The Labute approximate surface area is 318 Å². The van der Waals surface area contributed by atoms with E-state index in [1.807, 2.05) is 41.5 Å². The van der Waals surface area contributed by atoms with E-state index < -0.39 is 39.3 Å². The average Bonchev–Trinajstić information content (AvgIpc) is 3.89. The van der Waals surface area contributed by atoms with Gasteiger partial charge in [0.1, 0.15) is 5.78 Å². The molecule has 5 rings (SSSR count). The van der Waals surface area contributed by atoms with E-state index in [0.29, 0.717) is 39.0 Å². The van der Waals surface area contributed by atoms with E-state index in [1.165, 1.54) is 4.31 Å². The molecule has 3 aliphatic carbocycles. The van der Waals surface area contributed by atoms with Crippen LogP contribution in [0.1, 0.15) is 132 Å². The molecule has 0 aromatic rings. The van der Waals surface area contributed by atoms with Crippen LogP contribution in [0.4, 0.5) is 0 Å². The monoisotopic (exact) mass is 761 g/mol. The van der Waals surface area contributed by atoms with Crippen LogP contribution in [-0.2, 0) is 38.9 Å². The SMILES string of the molecule is CCCC(CC(=O)[C@@H]1C[C@@]2(CN1C(=O)[C@@H](CC(=O)C[C@@H](CNS(=O)(=O)N1CCOCC1)C(C)C)C(C)(C)C)C(C)(C)C21CCC1)C(=O)C(=O)CC1CC1. The third-order valence-electron chi connectivity index (χ3n) is 14.4. The molecule has 53 heavy (non-hydrogen) atoms. The molecule has 3 saturated carbocycles. The number of hydrogen-bond acceptors (Lipinski definition) is 8. The lowest BCUT2D eigenvalue weighted by Gasteiger charge is -2.36. The molecule has 300 valence electrons. The number of rotatable bonds is 19. The molecule has 1 amide bonds. The molecule has 5 fully saturated rings. The number of ketones is 4. The van der Waals surface area contributed by atoms with Crippen LogP contribution in [0.25, 0.3) is 0 Å². The first-order valence-electron chi connectivity index (χ1n) is 20.5. The minimum atomic E-state index is -3.72. The van der Waals surface area contributed by atoms with Crippen molar-refractivity contribution in [1.29, 1.82) is 0 Å². The summed E-state index contributed by atoms with van der Waals surface area (Å²) in [5, 5.41) is 0. The number of hydrogen-bond donors (Lipinski definition) is 1. The maximum atomic E-state index is 14.9. The van der Waals surface area contributed by atoms with Gasteiger partial charge in [0.05, 0.1) is 19.3 Å². The Morgan fingerprint density at radius 2 is 1.58 bits per heavy atom. The fourth-order valence-corrected chi connectivity index (χ4v) is 11.5. The second-order valence-electron chi connectivity index (χ2n) is 19.2. The minimum absolute atomic E-state index is 0.00662. The first kappa shape index (κ1) is 42.1. The molecule has 12 heteroatoms. The molecule has 11 nitrogen and oxygen atoms in total. The van der Waals surface area contributed by atoms with Crippen molar-refractivity contribution < 1.29 is 37.1 Å². The molecule has 5 aliphatic rings. The Balaban J connectivity index is 1.33. The maximum Gasteiger partial charge on any atom is 0.279 e. The van der Waals surface area contributed by atoms with Gasteiger partial charge in [-0.1, -0.05) is 68.2 Å². The summed E-state index contributed by atoms with van der Waals surface area (Å²) in [7, 11) is -3.72. The van der Waals surface area contributed by atoms with Crippen molar-refractivity contribution in [3.05, 3.63) is 0 Å². The van der Waals surface area contributed by atoms with E-state index >= 15 is 0 Å². The highest BCUT2D eigenvalue weighted by atomic mass is 32.2. The zero-order valence-electron chi connectivity index (χ0n) is 33.8. The zero-order valence-corrected chi connectivity index (χ0v) is 34.6. The van der Waals surface area contributed by atoms with E-state index in [-0.39, 0.29) is 103 Å². The van der Waals surface area contributed by atoms with E-state index in [2.05, 4.69) is 18.6 Å². The van der Waals surface area contributed by atoms with Gasteiger partial charge in [-0.25, -0.2) is 4.72 Å². The van der Waals surface area contributed by atoms with Crippen molar-refractivity contribution in [2.75, 3.05) is 39.4 Å². The lowest BCUT2D eigenvalue weighted by molar-refractivity contribution is -0.146. The van der Waals surface area contributed by atoms with Gasteiger partial charge in [0.2, 0.25) is 11.7 Å². The third kappa shape index (κ3) is 8.41. The van der Waals surface area contributed by atoms with Gasteiger partial charge >= 0.3 is 0 Å². The second-order valence-corrected chi connectivity index (χ2v) is 20.9. The number of morpholine rings is 1. The molecule has 2 saturated heterocycles. The molecular weight excluding hydrogens is 695 g/mol. The Bertz CT molecular complexity index is 1520. The van der Waals surface area contributed by atoms with Crippen molar-refractivity contribution >= 4 is 39.2 Å². The van der Waals surface area contributed by atoms with E-state index in [0.717, 1.165) is 32.1 Å². The van der Waals surface area contributed by atoms with Gasteiger partial charge in [-0.05, 0) is 72.5 Å². The highest BCUT2D eigenvalue weighted by molar-refractivity contribution is 7.87. The standard InChI is InChI=1S/C41H67N3O8S/c1-9-11-29(36(48)35(47)20-28-12-13-28)22-34(46)33-24-41(39(7,8)40(41)14-10-15-40)26-44(33)37(49)32(38(4,5)6)23-31(45)21-30(27(2)3)25-42-53(50,51)43-16-18-52-19-17-43/h27-30,32-33,42H,9-26H2,1-8H3/t29?,30-,32+,33-,41+/m0/s1. The lowest BCUT2D eigenvalue weighted by atomic mass is 9.73. The number of fused-ring (bicyclic) bond motifs is 1. The van der Waals surface area contributed by atoms with Crippen molar-refractivity contribution in [3.8, 4) is 0 Å². The van der Waals surface area contributed by atoms with Gasteiger partial charge in [0, 0.05) is 69.1 Å². The van der Waals surface area contributed by atoms with Crippen LogP contribution in [-0.4, -0.2) is 92.1 Å². The quantitative estimate of drug-likeness (QED) is 0.169. The first-order chi connectivity index (χ1) is 24.7. The fourth-order valence-electron chi connectivity index (χ4n) is 10.3. The topological polar surface area (TPSA) is 147 Å². The van der Waals surface area contributed by atoms with Crippen LogP contribution in [0.2, 0.25) is 0 Å². The number of Topliss-reactive ketones (excluding diaryl/α,β-unsaturated/α-hetero) is 4. The smallest absolute Gasteiger partial charge is 0.279 e. The normalized spacial score (nSPS) is 27.0. The molecule has 2 heterocycles. The number of likely N-dealkylation sites (tertiary alicyclic amines) is 1. The highest BCUT2D eigenvalue weighted by Gasteiger charge is 2.85. The number of carbonyl (C=O) groups excluding carboxylic acids is 5. The first-order valence-corrected chi connectivity index (χ1v) is 21.9. The lowest BCUT2D eigenvalue weighted by Crippen LogP contribution is -2.48. The Hall–Kier alpha value is -2.02. The summed E-state index contributed by atoms with van der Waals surface area (Å²) >= 11 is 0. The number of ether oxygens (including phenoxy) is 1. The van der Waals surface area contributed by atoms with E-state index in [9.17, 15) is 32.4 Å². The summed E-state index contributed by atoms with van der Waals surface area (Å²) in [6.45, 7) is 18.1. The molecule has 1 unspecified atom stereocenters. The Morgan fingerprint density at radius 3 is 2.09 bits per heavy atom. The summed E-state index contributed by atoms with van der Waals surface area (Å²) < 4.78 is 35.3. The molecule has 0 aromatic heterocycles. The van der Waals surface area contributed by atoms with Gasteiger partial charge in [-0.3, -0.25) is 24.0 Å². The van der Waals surface area contributed by atoms with Crippen LogP contribution in [0.15, 0.2) is 0 Å². The molecular formula is C41H67N3O8S. The molecule has 0 radical (unpaired) electrons. The van der Waals surface area contributed by atoms with Gasteiger partial charge in [0.25, 0.3) is 10.2 Å². The molecule has 0 aromatic carbocycles. The predicted octanol–water partition coefficient (Wildman–Crippen LogP) is 5.55. The fraction of sp³-hybridized carbons (Fsp3) is 0.878.